The van der Waals surface area contributed by atoms with Crippen LogP contribution in [0, 0.1) is 11.3 Å². The lowest BCUT2D eigenvalue weighted by atomic mass is 10.0. The molecule has 3 aromatic rings. The number of rotatable bonds is 7. The number of hydrogen-bond donors (Lipinski definition) is 0. The molecule has 0 spiro atoms. The molecule has 134 valence electrons. The zero-order chi connectivity index (χ0) is 19.1. The maximum atomic E-state index is 12.4. The molecule has 4 heteroatoms. The Bertz CT molecular complexity index is 957. The first kappa shape index (κ1) is 18.2. The van der Waals surface area contributed by atoms with Crippen LogP contribution in [0.3, 0.4) is 0 Å². The number of ketones is 1. The average molecular weight is 357 g/mol. The molecule has 0 N–H and O–H groups in total. The van der Waals surface area contributed by atoms with Gasteiger partial charge in [-0.3, -0.25) is 4.79 Å². The molecule has 4 nitrogen and oxygen atoms in total. The molecule has 0 saturated carbocycles. The predicted octanol–water partition coefficient (Wildman–Crippen LogP) is 4.89. The fourth-order valence-corrected chi connectivity index (χ4v) is 2.67. The molecule has 0 aliphatic heterocycles. The van der Waals surface area contributed by atoms with Gasteiger partial charge in [0.2, 0.25) is 0 Å². The topological polar surface area (TPSA) is 59.3 Å². The molecule has 0 aliphatic carbocycles. The van der Waals surface area contributed by atoms with Crippen LogP contribution in [-0.4, -0.2) is 19.0 Å². The molecule has 0 radical (unpaired) electrons. The molecule has 0 unspecified atom stereocenters. The minimum Gasteiger partial charge on any atom is -0.490 e. The first-order chi connectivity index (χ1) is 13.2. The molecule has 0 heterocycles. The van der Waals surface area contributed by atoms with E-state index in [0.717, 1.165) is 11.1 Å². The van der Waals surface area contributed by atoms with Gasteiger partial charge in [0.05, 0.1) is 18.2 Å². The SMILES string of the molecule is CCOc1cc(C#N)ccc1OCC(=O)c1ccc(-c2ccccc2)cc1. The van der Waals surface area contributed by atoms with Gasteiger partial charge in [-0.05, 0) is 30.2 Å². The molecule has 3 aromatic carbocycles. The van der Waals surface area contributed by atoms with Gasteiger partial charge in [-0.2, -0.15) is 5.26 Å². The summed E-state index contributed by atoms with van der Waals surface area (Å²) in [5, 5.41) is 8.99. The van der Waals surface area contributed by atoms with E-state index in [0.29, 0.717) is 29.2 Å². The lowest BCUT2D eigenvalue weighted by molar-refractivity contribution is 0.0919. The average Bonchev–Trinajstić information content (AvgIpc) is 2.73. The van der Waals surface area contributed by atoms with Crippen LogP contribution in [0.15, 0.2) is 72.8 Å². The Morgan fingerprint density at radius 3 is 2.26 bits per heavy atom. The minimum absolute atomic E-state index is 0.101. The summed E-state index contributed by atoms with van der Waals surface area (Å²) in [4.78, 5) is 12.4. The summed E-state index contributed by atoms with van der Waals surface area (Å²) in [5.74, 6) is 0.787. The van der Waals surface area contributed by atoms with Crippen LogP contribution >= 0.6 is 0 Å². The zero-order valence-electron chi connectivity index (χ0n) is 15.0. The summed E-state index contributed by atoms with van der Waals surface area (Å²) >= 11 is 0. The Labute approximate surface area is 158 Å². The van der Waals surface area contributed by atoms with Crippen molar-refractivity contribution >= 4 is 5.78 Å². The first-order valence-electron chi connectivity index (χ1n) is 8.69. The highest BCUT2D eigenvalue weighted by Gasteiger charge is 2.11. The van der Waals surface area contributed by atoms with Crippen molar-refractivity contribution in [1.29, 1.82) is 5.26 Å². The van der Waals surface area contributed by atoms with Gasteiger partial charge in [0.15, 0.2) is 23.9 Å². The molecule has 0 fully saturated rings. The number of carbonyl (C=O) groups excluding carboxylic acids is 1. The third-order valence-electron chi connectivity index (χ3n) is 4.05. The van der Waals surface area contributed by atoms with Crippen molar-refractivity contribution in [2.24, 2.45) is 0 Å². The number of nitriles is 1. The van der Waals surface area contributed by atoms with E-state index >= 15 is 0 Å². The molecule has 0 saturated heterocycles. The lowest BCUT2D eigenvalue weighted by Crippen LogP contribution is -2.12. The van der Waals surface area contributed by atoms with Crippen molar-refractivity contribution in [3.63, 3.8) is 0 Å². The number of ether oxygens (including phenoxy) is 2. The molecular formula is C23H19NO3. The van der Waals surface area contributed by atoms with Gasteiger partial charge in [-0.1, -0.05) is 54.6 Å². The zero-order valence-corrected chi connectivity index (χ0v) is 15.0. The van der Waals surface area contributed by atoms with E-state index in [1.165, 1.54) is 0 Å². The fourth-order valence-electron chi connectivity index (χ4n) is 2.67. The van der Waals surface area contributed by atoms with Crippen molar-refractivity contribution in [2.45, 2.75) is 6.92 Å². The van der Waals surface area contributed by atoms with Crippen LogP contribution in [0.25, 0.3) is 11.1 Å². The van der Waals surface area contributed by atoms with Crippen molar-refractivity contribution in [1.82, 2.24) is 0 Å². The van der Waals surface area contributed by atoms with Crippen LogP contribution in [0.4, 0.5) is 0 Å². The van der Waals surface area contributed by atoms with Gasteiger partial charge in [0.1, 0.15) is 0 Å². The second kappa shape index (κ2) is 8.68. The summed E-state index contributed by atoms with van der Waals surface area (Å²) in [5.41, 5.74) is 3.22. The van der Waals surface area contributed by atoms with E-state index in [4.69, 9.17) is 14.7 Å². The highest BCUT2D eigenvalue weighted by atomic mass is 16.5. The summed E-state index contributed by atoms with van der Waals surface area (Å²) < 4.78 is 11.1. The van der Waals surface area contributed by atoms with Gasteiger partial charge in [-0.15, -0.1) is 0 Å². The fraction of sp³-hybridized carbons (Fsp3) is 0.130. The second-order valence-corrected chi connectivity index (χ2v) is 5.86. The summed E-state index contributed by atoms with van der Waals surface area (Å²) in [6.45, 7) is 2.19. The summed E-state index contributed by atoms with van der Waals surface area (Å²) in [6.07, 6.45) is 0. The monoisotopic (exact) mass is 357 g/mol. The van der Waals surface area contributed by atoms with Gasteiger partial charge in [-0.25, -0.2) is 0 Å². The van der Waals surface area contributed by atoms with E-state index < -0.39 is 0 Å². The largest absolute Gasteiger partial charge is 0.490 e. The Morgan fingerprint density at radius 1 is 0.889 bits per heavy atom. The van der Waals surface area contributed by atoms with E-state index in [2.05, 4.69) is 6.07 Å². The van der Waals surface area contributed by atoms with Crippen molar-refractivity contribution in [3.05, 3.63) is 83.9 Å². The molecule has 0 atom stereocenters. The van der Waals surface area contributed by atoms with Crippen LogP contribution in [0.1, 0.15) is 22.8 Å². The molecule has 0 aliphatic rings. The van der Waals surface area contributed by atoms with E-state index in [1.807, 2.05) is 49.4 Å². The van der Waals surface area contributed by atoms with Crippen molar-refractivity contribution < 1.29 is 14.3 Å². The van der Waals surface area contributed by atoms with Crippen LogP contribution in [0.2, 0.25) is 0 Å². The number of carbonyl (C=O) groups is 1. The lowest BCUT2D eigenvalue weighted by Gasteiger charge is -2.12. The highest BCUT2D eigenvalue weighted by molar-refractivity contribution is 5.97. The van der Waals surface area contributed by atoms with Crippen LogP contribution in [0.5, 0.6) is 11.5 Å². The Balaban J connectivity index is 1.68. The maximum Gasteiger partial charge on any atom is 0.200 e. The minimum atomic E-state index is -0.124. The van der Waals surface area contributed by atoms with Gasteiger partial charge >= 0.3 is 0 Å². The van der Waals surface area contributed by atoms with E-state index in [1.54, 1.807) is 30.3 Å². The smallest absolute Gasteiger partial charge is 0.200 e. The van der Waals surface area contributed by atoms with Crippen LogP contribution < -0.4 is 9.47 Å². The van der Waals surface area contributed by atoms with E-state index in [9.17, 15) is 4.79 Å². The predicted molar refractivity (Wildman–Crippen MR) is 104 cm³/mol. The van der Waals surface area contributed by atoms with E-state index in [-0.39, 0.29) is 12.4 Å². The second-order valence-electron chi connectivity index (χ2n) is 5.86. The third kappa shape index (κ3) is 4.53. The normalized spacial score (nSPS) is 10.1. The van der Waals surface area contributed by atoms with Gasteiger partial charge < -0.3 is 9.47 Å². The van der Waals surface area contributed by atoms with Crippen molar-refractivity contribution in [3.8, 4) is 28.7 Å². The number of hydrogen-bond acceptors (Lipinski definition) is 4. The van der Waals surface area contributed by atoms with Crippen LogP contribution in [-0.2, 0) is 0 Å². The molecule has 3 rings (SSSR count). The third-order valence-corrected chi connectivity index (χ3v) is 4.05. The molecule has 27 heavy (non-hydrogen) atoms. The standard InChI is InChI=1S/C23H19NO3/c1-2-26-23-14-17(15-24)8-13-22(23)27-16-21(25)20-11-9-19(10-12-20)18-6-4-3-5-7-18/h3-14H,2,16H2,1H3. The Hall–Kier alpha value is -3.58. The molecule has 0 amide bonds. The molecular weight excluding hydrogens is 338 g/mol. The summed E-state index contributed by atoms with van der Waals surface area (Å²) in [6, 6.07) is 24.4. The molecule has 0 aromatic heterocycles. The van der Waals surface area contributed by atoms with Crippen molar-refractivity contribution in [2.75, 3.05) is 13.2 Å². The van der Waals surface area contributed by atoms with Gasteiger partial charge in [0.25, 0.3) is 0 Å². The number of benzene rings is 3. The molecule has 0 bridgehead atoms. The maximum absolute atomic E-state index is 12.4. The Morgan fingerprint density at radius 2 is 1.59 bits per heavy atom. The summed E-state index contributed by atoms with van der Waals surface area (Å²) in [7, 11) is 0. The first-order valence-corrected chi connectivity index (χ1v) is 8.69. The highest BCUT2D eigenvalue weighted by Crippen LogP contribution is 2.28. The quantitative estimate of drug-likeness (QED) is 0.565. The van der Waals surface area contributed by atoms with Gasteiger partial charge in [0, 0.05) is 11.6 Å². The number of Topliss-reactive ketones (excluding diaryl/α,β-unsaturated/α-hetero) is 1. The Kier molecular flexibility index (Phi) is 5.86. The number of nitrogens with zero attached hydrogens (tertiary/aromatic N) is 1.